The molecule has 0 N–H and O–H groups in total. The van der Waals surface area contributed by atoms with Gasteiger partial charge >= 0.3 is 5.97 Å². The molecule has 0 bridgehead atoms. The summed E-state index contributed by atoms with van der Waals surface area (Å²) in [6.45, 7) is 5.04. The second kappa shape index (κ2) is 6.02. The van der Waals surface area contributed by atoms with E-state index in [1.54, 1.807) is 19.2 Å². The molecule has 1 fully saturated rings. The third-order valence-corrected chi connectivity index (χ3v) is 2.96. The lowest BCUT2D eigenvalue weighted by Gasteiger charge is -2.28. The summed E-state index contributed by atoms with van der Waals surface area (Å²) >= 11 is 6.06. The van der Waals surface area contributed by atoms with Crippen molar-refractivity contribution in [1.29, 1.82) is 0 Å². The number of ether oxygens (including phenoxy) is 2. The quantitative estimate of drug-likeness (QED) is 0.783. The van der Waals surface area contributed by atoms with E-state index >= 15 is 0 Å². The summed E-state index contributed by atoms with van der Waals surface area (Å²) in [5, 5.41) is 0.317. The molecule has 0 spiro atoms. The summed E-state index contributed by atoms with van der Waals surface area (Å²) < 4.78 is 10.2. The number of carbonyl (C=O) groups is 1. The Kier molecular flexibility index (Phi) is 4.38. The number of hydrogen-bond acceptors (Lipinski definition) is 5. The van der Waals surface area contributed by atoms with Crippen molar-refractivity contribution in [3.8, 4) is 0 Å². The molecule has 1 aliphatic heterocycles. The first kappa shape index (κ1) is 13.1. The Balaban J connectivity index is 2.16. The maximum absolute atomic E-state index is 11.6. The van der Waals surface area contributed by atoms with Gasteiger partial charge in [0, 0.05) is 13.1 Å². The third-order valence-electron chi connectivity index (χ3n) is 2.67. The van der Waals surface area contributed by atoms with Gasteiger partial charge in [-0.3, -0.25) is 0 Å². The average molecular weight is 271 g/mol. The minimum Gasteiger partial charge on any atom is -0.461 e. The number of nitrogens with zero attached hydrogens (tertiary/aromatic N) is 2. The fraction of sp³-hybridized carbons (Fsp3) is 0.500. The highest BCUT2D eigenvalue weighted by molar-refractivity contribution is 6.33. The van der Waals surface area contributed by atoms with E-state index in [-0.39, 0.29) is 5.69 Å². The van der Waals surface area contributed by atoms with Crippen LogP contribution >= 0.6 is 11.6 Å². The zero-order valence-corrected chi connectivity index (χ0v) is 10.9. The molecule has 2 rings (SSSR count). The molecule has 0 aliphatic carbocycles. The van der Waals surface area contributed by atoms with Gasteiger partial charge in [-0.2, -0.15) is 0 Å². The highest BCUT2D eigenvalue weighted by Gasteiger charge is 2.17. The smallest absolute Gasteiger partial charge is 0.358 e. The molecule has 0 atom stereocenters. The van der Waals surface area contributed by atoms with E-state index in [1.165, 1.54) is 0 Å². The van der Waals surface area contributed by atoms with Gasteiger partial charge in [-0.15, -0.1) is 0 Å². The van der Waals surface area contributed by atoms with E-state index in [4.69, 9.17) is 21.1 Å². The van der Waals surface area contributed by atoms with Crippen LogP contribution in [0.3, 0.4) is 0 Å². The van der Waals surface area contributed by atoms with E-state index < -0.39 is 5.97 Å². The van der Waals surface area contributed by atoms with Crippen LogP contribution in [0.5, 0.6) is 0 Å². The summed E-state index contributed by atoms with van der Waals surface area (Å²) in [6.07, 6.45) is 1.64. The Morgan fingerprint density at radius 3 is 2.89 bits per heavy atom. The first-order valence-corrected chi connectivity index (χ1v) is 6.25. The Morgan fingerprint density at radius 1 is 1.56 bits per heavy atom. The predicted molar refractivity (Wildman–Crippen MR) is 68.2 cm³/mol. The molecule has 6 heteroatoms. The molecule has 1 saturated heterocycles. The van der Waals surface area contributed by atoms with Gasteiger partial charge in [-0.25, -0.2) is 9.78 Å². The van der Waals surface area contributed by atoms with Gasteiger partial charge in [0.1, 0.15) is 0 Å². The van der Waals surface area contributed by atoms with Crippen LogP contribution < -0.4 is 4.90 Å². The zero-order chi connectivity index (χ0) is 13.0. The van der Waals surface area contributed by atoms with Crippen LogP contribution in [0.1, 0.15) is 17.4 Å². The second-order valence-electron chi connectivity index (χ2n) is 3.84. The molecule has 0 saturated carbocycles. The molecular formula is C12H15ClN2O3. The summed E-state index contributed by atoms with van der Waals surface area (Å²) in [5.74, 6) is -0.490. The maximum Gasteiger partial charge on any atom is 0.358 e. The topological polar surface area (TPSA) is 51.7 Å². The number of hydrogen-bond donors (Lipinski definition) is 0. The number of carbonyl (C=O) groups excluding carboxylic acids is 1. The van der Waals surface area contributed by atoms with Crippen molar-refractivity contribution in [3.05, 3.63) is 23.0 Å². The highest BCUT2D eigenvalue weighted by Crippen LogP contribution is 2.22. The van der Waals surface area contributed by atoms with Crippen LogP contribution in [0.25, 0.3) is 0 Å². The Labute approximate surface area is 111 Å². The Morgan fingerprint density at radius 2 is 2.28 bits per heavy atom. The molecule has 0 amide bonds. The number of pyridine rings is 1. The van der Waals surface area contributed by atoms with Crippen molar-refractivity contribution >= 4 is 23.3 Å². The molecule has 1 aliphatic rings. The Bertz CT molecular complexity index is 433. The number of rotatable bonds is 3. The molecule has 0 aromatic carbocycles. The van der Waals surface area contributed by atoms with E-state index in [0.717, 1.165) is 18.8 Å². The van der Waals surface area contributed by atoms with E-state index in [0.29, 0.717) is 24.8 Å². The number of morpholine rings is 1. The fourth-order valence-corrected chi connectivity index (χ4v) is 2.01. The summed E-state index contributed by atoms with van der Waals surface area (Å²) in [5.41, 5.74) is 1.06. The number of esters is 1. The third kappa shape index (κ3) is 2.91. The van der Waals surface area contributed by atoms with Crippen LogP contribution in [-0.4, -0.2) is 43.9 Å². The van der Waals surface area contributed by atoms with Crippen molar-refractivity contribution in [2.45, 2.75) is 6.92 Å². The minimum atomic E-state index is -0.490. The van der Waals surface area contributed by atoms with Crippen molar-refractivity contribution < 1.29 is 14.3 Å². The Hall–Kier alpha value is -1.33. The lowest BCUT2D eigenvalue weighted by molar-refractivity contribution is 0.0519. The molecule has 2 heterocycles. The molecule has 0 unspecified atom stereocenters. The standard InChI is InChI=1S/C12H15ClN2O3/c1-2-18-12(16)11-10(13)7-9(8-14-11)15-3-5-17-6-4-15/h7-8H,2-6H2,1H3. The summed E-state index contributed by atoms with van der Waals surface area (Å²) in [6, 6.07) is 1.74. The highest BCUT2D eigenvalue weighted by atomic mass is 35.5. The monoisotopic (exact) mass is 270 g/mol. The number of aromatic nitrogens is 1. The van der Waals surface area contributed by atoms with Crippen LogP contribution in [0.15, 0.2) is 12.3 Å². The SMILES string of the molecule is CCOC(=O)c1ncc(N2CCOCC2)cc1Cl. The van der Waals surface area contributed by atoms with Gasteiger partial charge < -0.3 is 14.4 Å². The molecule has 0 radical (unpaired) electrons. The zero-order valence-electron chi connectivity index (χ0n) is 10.2. The van der Waals surface area contributed by atoms with Gasteiger partial charge in [0.15, 0.2) is 5.69 Å². The lowest BCUT2D eigenvalue weighted by atomic mass is 10.3. The maximum atomic E-state index is 11.6. The largest absolute Gasteiger partial charge is 0.461 e. The van der Waals surface area contributed by atoms with Crippen molar-refractivity contribution in [2.24, 2.45) is 0 Å². The van der Waals surface area contributed by atoms with Crippen LogP contribution in [0.2, 0.25) is 5.02 Å². The first-order chi connectivity index (χ1) is 8.72. The van der Waals surface area contributed by atoms with Gasteiger partial charge in [0.25, 0.3) is 0 Å². The average Bonchev–Trinajstić information content (AvgIpc) is 2.40. The number of halogens is 1. The van der Waals surface area contributed by atoms with Gasteiger partial charge in [0.2, 0.25) is 0 Å². The van der Waals surface area contributed by atoms with Crippen molar-refractivity contribution in [3.63, 3.8) is 0 Å². The predicted octanol–water partition coefficient (Wildman–Crippen LogP) is 1.75. The van der Waals surface area contributed by atoms with E-state index in [2.05, 4.69) is 9.88 Å². The van der Waals surface area contributed by atoms with Crippen LogP contribution in [-0.2, 0) is 9.47 Å². The van der Waals surface area contributed by atoms with Gasteiger partial charge in [-0.05, 0) is 13.0 Å². The first-order valence-electron chi connectivity index (χ1n) is 5.87. The lowest BCUT2D eigenvalue weighted by Crippen LogP contribution is -2.36. The fourth-order valence-electron chi connectivity index (χ4n) is 1.77. The van der Waals surface area contributed by atoms with Gasteiger partial charge in [0.05, 0.1) is 36.7 Å². The second-order valence-corrected chi connectivity index (χ2v) is 4.25. The summed E-state index contributed by atoms with van der Waals surface area (Å²) in [4.78, 5) is 17.8. The van der Waals surface area contributed by atoms with E-state index in [1.807, 2.05) is 0 Å². The molecular weight excluding hydrogens is 256 g/mol. The minimum absolute atomic E-state index is 0.163. The summed E-state index contributed by atoms with van der Waals surface area (Å²) in [7, 11) is 0. The molecule has 18 heavy (non-hydrogen) atoms. The molecule has 1 aromatic rings. The van der Waals surface area contributed by atoms with Crippen LogP contribution in [0.4, 0.5) is 5.69 Å². The van der Waals surface area contributed by atoms with Gasteiger partial charge in [-0.1, -0.05) is 11.6 Å². The molecule has 1 aromatic heterocycles. The van der Waals surface area contributed by atoms with Crippen molar-refractivity contribution in [2.75, 3.05) is 37.8 Å². The molecule has 98 valence electrons. The normalized spacial score (nSPS) is 15.6. The van der Waals surface area contributed by atoms with Crippen molar-refractivity contribution in [1.82, 2.24) is 4.98 Å². The molecule has 5 nitrogen and oxygen atoms in total. The van der Waals surface area contributed by atoms with E-state index in [9.17, 15) is 4.79 Å². The van der Waals surface area contributed by atoms with Crippen LogP contribution in [0, 0.1) is 0 Å². The number of anilines is 1.